The third-order valence-electron chi connectivity index (χ3n) is 3.34. The normalized spacial score (nSPS) is 15.6. The smallest absolute Gasteiger partial charge is 0.449 e. The number of nitriles is 1. The molecule has 22 heavy (non-hydrogen) atoms. The van der Waals surface area contributed by atoms with Crippen LogP contribution in [0.1, 0.15) is 12.7 Å². The number of alkyl halides is 3. The minimum atomic E-state index is -4.60. The molecule has 1 aromatic carbocycles. The standard InChI is InChI=1S/C14H12F3N3O2/c1-8(6-18)7-20-10-5-12-11(21-2-3-22-12)4-9(10)19-13(20)14(15,16)17/h4-5,8H,2-3,7H2,1H3. The van der Waals surface area contributed by atoms with E-state index in [0.29, 0.717) is 24.7 Å². The van der Waals surface area contributed by atoms with Gasteiger partial charge in [-0.25, -0.2) is 4.98 Å². The van der Waals surface area contributed by atoms with Gasteiger partial charge in [-0.2, -0.15) is 18.4 Å². The van der Waals surface area contributed by atoms with E-state index in [0.717, 1.165) is 4.57 Å². The van der Waals surface area contributed by atoms with Crippen molar-refractivity contribution in [2.75, 3.05) is 13.2 Å². The Morgan fingerprint density at radius 3 is 2.55 bits per heavy atom. The van der Waals surface area contributed by atoms with E-state index in [-0.39, 0.29) is 17.6 Å². The van der Waals surface area contributed by atoms with E-state index in [2.05, 4.69) is 4.98 Å². The van der Waals surface area contributed by atoms with E-state index in [1.54, 1.807) is 6.92 Å². The van der Waals surface area contributed by atoms with E-state index in [1.165, 1.54) is 12.1 Å². The molecule has 0 aliphatic carbocycles. The Morgan fingerprint density at radius 2 is 1.95 bits per heavy atom. The van der Waals surface area contributed by atoms with Crippen LogP contribution < -0.4 is 9.47 Å². The highest BCUT2D eigenvalue weighted by atomic mass is 19.4. The molecule has 0 fully saturated rings. The predicted octanol–water partition coefficient (Wildman–Crippen LogP) is 2.99. The van der Waals surface area contributed by atoms with Gasteiger partial charge in [0.25, 0.3) is 0 Å². The zero-order valence-electron chi connectivity index (χ0n) is 11.6. The van der Waals surface area contributed by atoms with Crippen LogP contribution >= 0.6 is 0 Å². The molecule has 0 amide bonds. The van der Waals surface area contributed by atoms with Crippen molar-refractivity contribution in [1.82, 2.24) is 9.55 Å². The second-order valence-electron chi connectivity index (χ2n) is 5.06. The fourth-order valence-corrected chi connectivity index (χ4v) is 2.38. The number of aromatic nitrogens is 2. The summed E-state index contributed by atoms with van der Waals surface area (Å²) in [6, 6.07) is 4.86. The lowest BCUT2D eigenvalue weighted by Gasteiger charge is -2.18. The first-order valence-corrected chi connectivity index (χ1v) is 6.67. The number of hydrogen-bond acceptors (Lipinski definition) is 4. The van der Waals surface area contributed by atoms with E-state index >= 15 is 0 Å². The molecule has 3 rings (SSSR count). The third-order valence-corrected chi connectivity index (χ3v) is 3.34. The maximum Gasteiger partial charge on any atom is 0.449 e. The van der Waals surface area contributed by atoms with E-state index < -0.39 is 17.9 Å². The summed E-state index contributed by atoms with van der Waals surface area (Å²) in [5, 5.41) is 8.88. The van der Waals surface area contributed by atoms with Crippen LogP contribution in [0.15, 0.2) is 12.1 Å². The van der Waals surface area contributed by atoms with Crippen LogP contribution in [0.4, 0.5) is 13.2 Å². The molecule has 0 saturated carbocycles. The second kappa shape index (κ2) is 5.09. The summed E-state index contributed by atoms with van der Waals surface area (Å²) in [7, 11) is 0. The van der Waals surface area contributed by atoms with Gasteiger partial charge in [0.05, 0.1) is 23.0 Å². The highest BCUT2D eigenvalue weighted by Gasteiger charge is 2.38. The van der Waals surface area contributed by atoms with Crippen molar-refractivity contribution in [3.63, 3.8) is 0 Å². The van der Waals surface area contributed by atoms with Crippen molar-refractivity contribution >= 4 is 11.0 Å². The Hall–Kier alpha value is -2.43. The molecule has 1 unspecified atom stereocenters. The van der Waals surface area contributed by atoms with E-state index in [1.807, 2.05) is 6.07 Å². The van der Waals surface area contributed by atoms with Gasteiger partial charge in [-0.15, -0.1) is 0 Å². The van der Waals surface area contributed by atoms with Crippen LogP contribution in [0.2, 0.25) is 0 Å². The molecule has 1 aromatic heterocycles. The summed E-state index contributed by atoms with van der Waals surface area (Å²) < 4.78 is 51.3. The van der Waals surface area contributed by atoms with Crippen molar-refractivity contribution < 1.29 is 22.6 Å². The van der Waals surface area contributed by atoms with Crippen molar-refractivity contribution in [2.45, 2.75) is 19.6 Å². The topological polar surface area (TPSA) is 60.1 Å². The molecular formula is C14H12F3N3O2. The van der Waals surface area contributed by atoms with Crippen molar-refractivity contribution in [3.8, 4) is 17.6 Å². The van der Waals surface area contributed by atoms with Gasteiger partial charge in [-0.05, 0) is 6.92 Å². The number of halogens is 3. The van der Waals surface area contributed by atoms with Crippen LogP contribution in [-0.4, -0.2) is 22.8 Å². The number of ether oxygens (including phenoxy) is 2. The van der Waals surface area contributed by atoms with Crippen molar-refractivity contribution in [1.29, 1.82) is 5.26 Å². The Balaban J connectivity index is 2.21. The SMILES string of the molecule is CC(C#N)Cn1c(C(F)(F)F)nc2cc3c(cc21)OCCO3. The monoisotopic (exact) mass is 311 g/mol. The van der Waals surface area contributed by atoms with Crippen molar-refractivity contribution in [3.05, 3.63) is 18.0 Å². The zero-order valence-corrected chi connectivity index (χ0v) is 11.6. The van der Waals surface area contributed by atoms with Gasteiger partial charge in [0, 0.05) is 18.7 Å². The fraction of sp³-hybridized carbons (Fsp3) is 0.429. The Kier molecular flexibility index (Phi) is 3.35. The molecule has 5 nitrogen and oxygen atoms in total. The average Bonchev–Trinajstić information content (AvgIpc) is 2.83. The number of benzene rings is 1. The predicted molar refractivity (Wildman–Crippen MR) is 70.5 cm³/mol. The van der Waals surface area contributed by atoms with Gasteiger partial charge >= 0.3 is 6.18 Å². The van der Waals surface area contributed by atoms with Gasteiger partial charge in [0.1, 0.15) is 13.2 Å². The highest BCUT2D eigenvalue weighted by molar-refractivity contribution is 5.81. The van der Waals surface area contributed by atoms with Crippen LogP contribution in [0.25, 0.3) is 11.0 Å². The molecule has 2 heterocycles. The molecule has 2 aromatic rings. The summed E-state index contributed by atoms with van der Waals surface area (Å²) >= 11 is 0. The fourth-order valence-electron chi connectivity index (χ4n) is 2.38. The van der Waals surface area contributed by atoms with Gasteiger partial charge in [0.2, 0.25) is 5.82 Å². The molecular weight excluding hydrogens is 299 g/mol. The average molecular weight is 311 g/mol. The highest BCUT2D eigenvalue weighted by Crippen LogP contribution is 2.38. The molecule has 1 atom stereocenters. The molecule has 116 valence electrons. The van der Waals surface area contributed by atoms with Gasteiger partial charge in [-0.3, -0.25) is 0 Å². The lowest BCUT2D eigenvalue weighted by molar-refractivity contribution is -0.147. The summed E-state index contributed by atoms with van der Waals surface area (Å²) in [5.41, 5.74) is 0.445. The largest absolute Gasteiger partial charge is 0.486 e. The van der Waals surface area contributed by atoms with Crippen LogP contribution in [0.5, 0.6) is 11.5 Å². The molecule has 8 heteroatoms. The Bertz CT molecular complexity index is 761. The Labute approximate surface area is 123 Å². The van der Waals surface area contributed by atoms with Gasteiger partial charge in [-0.1, -0.05) is 0 Å². The number of fused-ring (bicyclic) bond motifs is 2. The first kappa shape index (κ1) is 14.5. The molecule has 0 saturated heterocycles. The van der Waals surface area contributed by atoms with Crippen molar-refractivity contribution in [2.24, 2.45) is 5.92 Å². The van der Waals surface area contributed by atoms with Crippen LogP contribution in [0.3, 0.4) is 0 Å². The summed E-state index contributed by atoms with van der Waals surface area (Å²) in [6.45, 7) is 2.15. The molecule has 0 N–H and O–H groups in total. The molecule has 0 spiro atoms. The molecule has 0 radical (unpaired) electrons. The maximum atomic E-state index is 13.2. The quantitative estimate of drug-likeness (QED) is 0.855. The minimum absolute atomic E-state index is 0.0957. The van der Waals surface area contributed by atoms with Crippen LogP contribution in [0, 0.1) is 17.2 Å². The molecule has 1 aliphatic heterocycles. The first-order chi connectivity index (χ1) is 10.4. The summed E-state index contributed by atoms with van der Waals surface area (Å²) in [5.74, 6) is -0.831. The summed E-state index contributed by atoms with van der Waals surface area (Å²) in [4.78, 5) is 3.67. The number of hydrogen-bond donors (Lipinski definition) is 0. The van der Waals surface area contributed by atoms with Crippen LogP contribution in [-0.2, 0) is 12.7 Å². The number of rotatable bonds is 2. The third kappa shape index (κ3) is 2.43. The van der Waals surface area contributed by atoms with E-state index in [4.69, 9.17) is 14.7 Å². The maximum absolute atomic E-state index is 13.2. The second-order valence-corrected chi connectivity index (χ2v) is 5.06. The Morgan fingerprint density at radius 1 is 1.32 bits per heavy atom. The lowest BCUT2D eigenvalue weighted by Crippen LogP contribution is -2.18. The van der Waals surface area contributed by atoms with Gasteiger partial charge < -0.3 is 14.0 Å². The number of nitrogens with zero attached hydrogens (tertiary/aromatic N) is 3. The number of imidazole rings is 1. The first-order valence-electron chi connectivity index (χ1n) is 6.67. The van der Waals surface area contributed by atoms with Gasteiger partial charge in [0.15, 0.2) is 11.5 Å². The molecule has 1 aliphatic rings. The zero-order chi connectivity index (χ0) is 15.9. The lowest BCUT2D eigenvalue weighted by atomic mass is 10.2. The molecule has 0 bridgehead atoms. The summed E-state index contributed by atoms with van der Waals surface area (Å²) in [6.07, 6.45) is -4.60. The van der Waals surface area contributed by atoms with E-state index in [9.17, 15) is 13.2 Å². The minimum Gasteiger partial charge on any atom is -0.486 e.